The molecule has 3 N–H and O–H groups in total. The fraction of sp³-hybridized carbons (Fsp3) is 0.657. The van der Waals surface area contributed by atoms with Gasteiger partial charge in [0.2, 0.25) is 17.6 Å². The van der Waals surface area contributed by atoms with Gasteiger partial charge in [-0.1, -0.05) is 69.6 Å². The maximum absolute atomic E-state index is 14.5. The third-order valence-electron chi connectivity index (χ3n) is 9.39. The number of methoxy groups -OCH3 is 1. The molecule has 6 atom stereocenters. The van der Waals surface area contributed by atoms with Crippen molar-refractivity contribution in [3.63, 3.8) is 0 Å². The number of nitrogens with one attached hydrogen (secondary N) is 3. The van der Waals surface area contributed by atoms with Crippen molar-refractivity contribution in [2.75, 3.05) is 26.9 Å². The van der Waals surface area contributed by atoms with Gasteiger partial charge in [-0.25, -0.2) is 4.79 Å². The number of likely N-dealkylation sites (tertiary alicyclic amines) is 1. The molecule has 1 saturated carbocycles. The van der Waals surface area contributed by atoms with Crippen LogP contribution < -0.4 is 16.0 Å². The smallest absolute Gasteiger partial charge is 0.408 e. The molecular formula is C35H49N5O9. The highest BCUT2D eigenvalue weighted by atomic mass is 16.7. The van der Waals surface area contributed by atoms with E-state index >= 15 is 0 Å². The van der Waals surface area contributed by atoms with Crippen LogP contribution in [-0.2, 0) is 33.4 Å². The van der Waals surface area contributed by atoms with Crippen LogP contribution in [0.4, 0.5) is 4.79 Å². The molecule has 3 heterocycles. The van der Waals surface area contributed by atoms with Gasteiger partial charge in [-0.15, -0.1) is 0 Å². The predicted molar refractivity (Wildman–Crippen MR) is 178 cm³/mol. The quantitative estimate of drug-likeness (QED) is 0.264. The number of alkyl carbamates (subject to hydrolysis) is 1. The van der Waals surface area contributed by atoms with Gasteiger partial charge in [-0.3, -0.25) is 19.2 Å². The summed E-state index contributed by atoms with van der Waals surface area (Å²) >= 11 is 0. The topological polar surface area (TPSA) is 174 Å². The Morgan fingerprint density at radius 1 is 1.08 bits per heavy atom. The Balaban J connectivity index is 1.39. The summed E-state index contributed by atoms with van der Waals surface area (Å²) in [6.07, 6.45) is 1.45. The SMILES string of the molecule is CCC[C@H](NC(=O)[C@@H]1CC2(CC(C(=O)c3ccccc3)=NO2)CN1C(=O)[C@@H](NC(=O)O[C@H]1CCOC1)C(C)(C)C)C(OC)C(=O)NC1CC1. The Morgan fingerprint density at radius 3 is 2.43 bits per heavy atom. The molecule has 14 nitrogen and oxygen atoms in total. The Bertz CT molecular complexity index is 1420. The number of amides is 4. The van der Waals surface area contributed by atoms with E-state index in [1.807, 2.05) is 6.92 Å². The lowest BCUT2D eigenvalue weighted by molar-refractivity contribution is -0.143. The number of benzene rings is 1. The fourth-order valence-electron chi connectivity index (χ4n) is 6.58. The van der Waals surface area contributed by atoms with Gasteiger partial charge in [0.1, 0.15) is 23.9 Å². The van der Waals surface area contributed by atoms with Crippen molar-refractivity contribution < 1.29 is 43.0 Å². The molecule has 4 aliphatic rings. The van der Waals surface area contributed by atoms with Gasteiger partial charge in [0.25, 0.3) is 5.91 Å². The molecule has 1 aliphatic carbocycles. The third-order valence-corrected chi connectivity index (χ3v) is 9.39. The van der Waals surface area contributed by atoms with Crippen LogP contribution in [0.25, 0.3) is 0 Å². The lowest BCUT2D eigenvalue weighted by Crippen LogP contribution is -2.60. The molecule has 4 amide bonds. The summed E-state index contributed by atoms with van der Waals surface area (Å²) < 4.78 is 16.4. The number of hydrogen-bond acceptors (Lipinski definition) is 10. The van der Waals surface area contributed by atoms with E-state index in [-0.39, 0.29) is 49.4 Å². The Kier molecular flexibility index (Phi) is 11.3. The molecule has 2 unspecified atom stereocenters. The van der Waals surface area contributed by atoms with E-state index < -0.39 is 59.3 Å². The van der Waals surface area contributed by atoms with E-state index in [1.165, 1.54) is 12.0 Å². The van der Waals surface area contributed by atoms with Crippen molar-refractivity contribution in [2.24, 2.45) is 10.6 Å². The van der Waals surface area contributed by atoms with Crippen LogP contribution in [0.3, 0.4) is 0 Å². The highest BCUT2D eigenvalue weighted by Gasteiger charge is 2.56. The minimum atomic E-state index is -1.16. The normalized spacial score (nSPS) is 25.2. The molecule has 14 heteroatoms. The van der Waals surface area contributed by atoms with Crippen molar-refractivity contribution in [1.82, 2.24) is 20.9 Å². The van der Waals surface area contributed by atoms with Gasteiger partial charge < -0.3 is 39.9 Å². The number of ether oxygens (including phenoxy) is 3. The maximum atomic E-state index is 14.5. The summed E-state index contributed by atoms with van der Waals surface area (Å²) in [5, 5.41) is 12.8. The van der Waals surface area contributed by atoms with Crippen molar-refractivity contribution >= 4 is 35.3 Å². The van der Waals surface area contributed by atoms with Gasteiger partial charge >= 0.3 is 6.09 Å². The average molecular weight is 684 g/mol. The number of oxime groups is 1. The molecule has 3 fully saturated rings. The number of carbonyl (C=O) groups excluding carboxylic acids is 5. The second kappa shape index (κ2) is 15.2. The van der Waals surface area contributed by atoms with Gasteiger partial charge in [-0.05, 0) is 24.7 Å². The number of rotatable bonds is 13. The first kappa shape index (κ1) is 36.2. The zero-order valence-electron chi connectivity index (χ0n) is 29.0. The van der Waals surface area contributed by atoms with Crippen molar-refractivity contribution in [3.8, 4) is 0 Å². The monoisotopic (exact) mass is 683 g/mol. The van der Waals surface area contributed by atoms with Crippen LogP contribution in [0.15, 0.2) is 35.5 Å². The number of ketones is 1. The average Bonchev–Trinajstić information content (AvgIpc) is 3.41. The van der Waals surface area contributed by atoms with Crippen LogP contribution in [0.2, 0.25) is 0 Å². The molecule has 0 aromatic heterocycles. The zero-order valence-corrected chi connectivity index (χ0v) is 29.0. The molecule has 2 saturated heterocycles. The van der Waals surface area contributed by atoms with Crippen LogP contribution in [0, 0.1) is 5.41 Å². The molecule has 0 bridgehead atoms. The number of hydrogen-bond donors (Lipinski definition) is 3. The lowest BCUT2D eigenvalue weighted by atomic mass is 9.85. The van der Waals surface area contributed by atoms with E-state index in [0.717, 1.165) is 12.8 Å². The van der Waals surface area contributed by atoms with Gasteiger partial charge in [0.15, 0.2) is 11.7 Å². The summed E-state index contributed by atoms with van der Waals surface area (Å²) in [5.41, 5.74) is -1.31. The number of nitrogens with zero attached hydrogens (tertiary/aromatic N) is 2. The minimum absolute atomic E-state index is 0.0329. The molecular weight excluding hydrogens is 634 g/mol. The summed E-state index contributed by atoms with van der Waals surface area (Å²) in [6, 6.07) is 5.97. The lowest BCUT2D eigenvalue weighted by Gasteiger charge is -2.36. The molecule has 268 valence electrons. The largest absolute Gasteiger partial charge is 0.444 e. The summed E-state index contributed by atoms with van der Waals surface area (Å²) in [4.78, 5) is 75.5. The molecule has 1 spiro atoms. The summed E-state index contributed by atoms with van der Waals surface area (Å²) in [6.45, 7) is 8.05. The number of Topliss-reactive ketones (excluding diaryl/α,β-unsaturated/α-hetero) is 1. The highest BCUT2D eigenvalue weighted by molar-refractivity contribution is 6.46. The van der Waals surface area contributed by atoms with Gasteiger partial charge in [0, 0.05) is 38.0 Å². The molecule has 5 rings (SSSR count). The Morgan fingerprint density at radius 2 is 1.82 bits per heavy atom. The molecule has 3 aliphatic heterocycles. The first-order chi connectivity index (χ1) is 23.3. The van der Waals surface area contributed by atoms with Crippen LogP contribution in [-0.4, -0.2) is 109 Å². The van der Waals surface area contributed by atoms with Crippen LogP contribution >= 0.6 is 0 Å². The van der Waals surface area contributed by atoms with Crippen LogP contribution in [0.5, 0.6) is 0 Å². The van der Waals surface area contributed by atoms with E-state index in [1.54, 1.807) is 51.1 Å². The standard InChI is InChI=1S/C35H49N5O9/c1-6-10-24(28(46-5)31(43)36-22-13-14-22)37-30(42)26-18-35(17-25(39-49-35)27(41)21-11-8-7-9-12-21)20-40(26)32(44)29(34(2,3)4)38-33(45)48-23-15-16-47-19-23/h7-9,11-12,22-24,26,28-29H,6,10,13-20H2,1-5H3,(H,36,43)(H,37,42)(H,38,45)/t23-,24-,26-,28?,29+,35?/m0/s1. The molecule has 49 heavy (non-hydrogen) atoms. The molecule has 1 aromatic carbocycles. The summed E-state index contributed by atoms with van der Waals surface area (Å²) in [7, 11) is 1.43. The van der Waals surface area contributed by atoms with Crippen molar-refractivity contribution in [3.05, 3.63) is 35.9 Å². The first-order valence-corrected chi connectivity index (χ1v) is 17.2. The second-order valence-corrected chi connectivity index (χ2v) is 14.5. The number of carbonyl (C=O) groups is 5. The molecule has 1 aromatic rings. The van der Waals surface area contributed by atoms with Crippen molar-refractivity contribution in [2.45, 2.75) is 115 Å². The Labute approximate surface area is 287 Å². The van der Waals surface area contributed by atoms with Gasteiger partial charge in [-0.2, -0.15) is 0 Å². The van der Waals surface area contributed by atoms with E-state index in [2.05, 4.69) is 21.1 Å². The van der Waals surface area contributed by atoms with E-state index in [9.17, 15) is 24.0 Å². The predicted octanol–water partition coefficient (Wildman–Crippen LogP) is 2.49. The van der Waals surface area contributed by atoms with E-state index in [0.29, 0.717) is 31.4 Å². The zero-order chi connectivity index (χ0) is 35.3. The van der Waals surface area contributed by atoms with E-state index in [4.69, 9.17) is 19.0 Å². The second-order valence-electron chi connectivity index (χ2n) is 14.5. The molecule has 0 radical (unpaired) electrons. The fourth-order valence-corrected chi connectivity index (χ4v) is 6.58. The Hall–Kier alpha value is -4.04. The highest BCUT2D eigenvalue weighted by Crippen LogP contribution is 2.39. The third kappa shape index (κ3) is 8.77. The van der Waals surface area contributed by atoms with Gasteiger partial charge in [0.05, 0.1) is 25.8 Å². The first-order valence-electron chi connectivity index (χ1n) is 17.2. The maximum Gasteiger partial charge on any atom is 0.408 e. The van der Waals surface area contributed by atoms with Crippen molar-refractivity contribution in [1.29, 1.82) is 0 Å². The summed E-state index contributed by atoms with van der Waals surface area (Å²) in [5.74, 6) is -1.63. The van der Waals surface area contributed by atoms with Crippen LogP contribution in [0.1, 0.15) is 83.0 Å². The minimum Gasteiger partial charge on any atom is -0.444 e.